The Kier molecular flexibility index (Phi) is 2.75. The van der Waals surface area contributed by atoms with E-state index in [-0.39, 0.29) is 6.10 Å². The number of benzene rings is 1. The minimum Gasteiger partial charge on any atom is -0.490 e. The van der Waals surface area contributed by atoms with Gasteiger partial charge in [0.25, 0.3) is 0 Å². The van der Waals surface area contributed by atoms with Crippen LogP contribution in [0.4, 0.5) is 0 Å². The van der Waals surface area contributed by atoms with Crippen LogP contribution in [0.3, 0.4) is 0 Å². The molecule has 5 heteroatoms. The van der Waals surface area contributed by atoms with Gasteiger partial charge in [0, 0.05) is 12.7 Å². The van der Waals surface area contributed by atoms with E-state index in [1.165, 1.54) is 0 Å². The molecule has 0 bridgehead atoms. The lowest BCUT2D eigenvalue weighted by Crippen LogP contribution is -2.03. The highest BCUT2D eigenvalue weighted by Gasteiger charge is 2.23. The lowest BCUT2D eigenvalue weighted by molar-refractivity contribution is 0.265. The maximum Gasteiger partial charge on any atom is 0.155 e. The smallest absolute Gasteiger partial charge is 0.155 e. The molecule has 0 saturated carbocycles. The normalized spacial score (nSPS) is 17.3. The molecule has 2 aromatic heterocycles. The Morgan fingerprint density at radius 3 is 2.95 bits per heavy atom. The summed E-state index contributed by atoms with van der Waals surface area (Å²) in [5.41, 5.74) is 2.73. The molecule has 0 N–H and O–H groups in total. The molecule has 108 valence electrons. The van der Waals surface area contributed by atoms with Crippen molar-refractivity contribution in [1.82, 2.24) is 9.78 Å². The third-order valence-corrected chi connectivity index (χ3v) is 3.71. The van der Waals surface area contributed by atoms with Gasteiger partial charge in [-0.25, -0.2) is 0 Å². The Morgan fingerprint density at radius 2 is 2.24 bits per heavy atom. The Bertz CT molecular complexity index is 780. The minimum atomic E-state index is 0.241. The molecule has 0 radical (unpaired) electrons. The van der Waals surface area contributed by atoms with E-state index in [2.05, 4.69) is 5.10 Å². The number of aromatic nitrogens is 2. The van der Waals surface area contributed by atoms with Crippen molar-refractivity contribution in [3.8, 4) is 17.2 Å². The monoisotopic (exact) mass is 284 g/mol. The van der Waals surface area contributed by atoms with E-state index in [9.17, 15) is 0 Å². The van der Waals surface area contributed by atoms with Crippen LogP contribution in [0.1, 0.15) is 5.69 Å². The number of furan rings is 1. The predicted octanol–water partition coefficient (Wildman–Crippen LogP) is 2.92. The Balaban J connectivity index is 1.72. The second kappa shape index (κ2) is 4.63. The number of ether oxygens (including phenoxy) is 2. The third-order valence-electron chi connectivity index (χ3n) is 3.71. The first-order valence-corrected chi connectivity index (χ1v) is 6.99. The number of aryl methyl sites for hydroxylation is 2. The molecule has 1 aliphatic rings. The number of rotatable bonds is 4. The first kappa shape index (κ1) is 12.5. The number of hydrogen-bond donors (Lipinski definition) is 0. The third kappa shape index (κ3) is 2.29. The Hall–Kier alpha value is -2.27. The summed E-state index contributed by atoms with van der Waals surface area (Å²) in [6.07, 6.45) is 0.241. The van der Waals surface area contributed by atoms with Crippen molar-refractivity contribution in [2.24, 2.45) is 7.05 Å². The number of nitrogens with zero attached hydrogens (tertiary/aromatic N) is 2. The summed E-state index contributed by atoms with van der Waals surface area (Å²) in [7, 11) is 1.92. The topological polar surface area (TPSA) is 52.7 Å². The van der Waals surface area contributed by atoms with Crippen LogP contribution in [0.25, 0.3) is 22.4 Å². The molecule has 0 unspecified atom stereocenters. The Morgan fingerprint density at radius 1 is 1.38 bits per heavy atom. The maximum absolute atomic E-state index is 5.90. The first-order chi connectivity index (χ1) is 10.2. The summed E-state index contributed by atoms with van der Waals surface area (Å²) in [6, 6.07) is 9.82. The summed E-state index contributed by atoms with van der Waals surface area (Å²) in [5.74, 6) is 1.58. The number of epoxide rings is 1. The van der Waals surface area contributed by atoms with Crippen LogP contribution in [-0.2, 0) is 11.8 Å². The molecule has 4 rings (SSSR count). The fourth-order valence-electron chi connectivity index (χ4n) is 2.31. The summed E-state index contributed by atoms with van der Waals surface area (Å²) in [5, 5.41) is 5.42. The largest absolute Gasteiger partial charge is 0.490 e. The summed E-state index contributed by atoms with van der Waals surface area (Å²) < 4.78 is 18.7. The van der Waals surface area contributed by atoms with Crippen LogP contribution in [-0.4, -0.2) is 29.1 Å². The quantitative estimate of drug-likeness (QED) is 0.691. The molecule has 3 heterocycles. The van der Waals surface area contributed by atoms with Crippen LogP contribution in [0, 0.1) is 6.92 Å². The van der Waals surface area contributed by atoms with Crippen molar-refractivity contribution in [3.05, 3.63) is 36.0 Å². The van der Waals surface area contributed by atoms with Gasteiger partial charge >= 0.3 is 0 Å². The van der Waals surface area contributed by atoms with Gasteiger partial charge in [0.15, 0.2) is 5.76 Å². The summed E-state index contributed by atoms with van der Waals surface area (Å²) in [4.78, 5) is 0. The van der Waals surface area contributed by atoms with Gasteiger partial charge in [-0.3, -0.25) is 4.68 Å². The van der Waals surface area contributed by atoms with Crippen LogP contribution in [0.2, 0.25) is 0 Å². The fraction of sp³-hybridized carbons (Fsp3) is 0.312. The van der Waals surface area contributed by atoms with Gasteiger partial charge in [0.1, 0.15) is 29.7 Å². The molecule has 21 heavy (non-hydrogen) atoms. The molecule has 0 aliphatic carbocycles. The molecule has 0 amide bonds. The average Bonchev–Trinajstić information content (AvgIpc) is 3.10. The highest BCUT2D eigenvalue weighted by molar-refractivity contribution is 5.87. The number of hydrogen-bond acceptors (Lipinski definition) is 4. The SMILES string of the molecule is Cc1cc(-c2cc3c(OC[C@@H]4CO4)cccc3o2)nn1C. The molecule has 5 nitrogen and oxygen atoms in total. The van der Waals surface area contributed by atoms with E-state index in [4.69, 9.17) is 13.9 Å². The van der Waals surface area contributed by atoms with E-state index in [0.717, 1.165) is 40.5 Å². The zero-order chi connectivity index (χ0) is 14.4. The van der Waals surface area contributed by atoms with E-state index in [1.54, 1.807) is 0 Å². The first-order valence-electron chi connectivity index (χ1n) is 6.99. The molecule has 3 aromatic rings. The lowest BCUT2D eigenvalue weighted by Gasteiger charge is -2.04. The van der Waals surface area contributed by atoms with Crippen LogP contribution < -0.4 is 4.74 Å². The maximum atomic E-state index is 5.90. The Labute approximate surface area is 122 Å². The van der Waals surface area contributed by atoms with Crippen molar-refractivity contribution in [3.63, 3.8) is 0 Å². The molecule has 1 aliphatic heterocycles. The van der Waals surface area contributed by atoms with Gasteiger partial charge in [-0.15, -0.1) is 0 Å². The van der Waals surface area contributed by atoms with Crippen LogP contribution in [0.5, 0.6) is 5.75 Å². The van der Waals surface area contributed by atoms with Crippen molar-refractivity contribution >= 4 is 11.0 Å². The zero-order valence-electron chi connectivity index (χ0n) is 12.0. The van der Waals surface area contributed by atoms with Crippen molar-refractivity contribution in [2.45, 2.75) is 13.0 Å². The standard InChI is InChI=1S/C16H16N2O3/c1-10-6-13(17-18(10)2)16-7-12-14(20-9-11-8-19-11)4-3-5-15(12)21-16/h3-7,11H,8-9H2,1-2H3/t11-/m0/s1. The molecule has 1 fully saturated rings. The zero-order valence-corrected chi connectivity index (χ0v) is 12.0. The van der Waals surface area contributed by atoms with E-state index < -0.39 is 0 Å². The lowest BCUT2D eigenvalue weighted by atomic mass is 10.2. The predicted molar refractivity (Wildman–Crippen MR) is 78.4 cm³/mol. The molecular formula is C16H16N2O3. The molecular weight excluding hydrogens is 268 g/mol. The van der Waals surface area contributed by atoms with Gasteiger partial charge in [-0.05, 0) is 31.2 Å². The second-order valence-electron chi connectivity index (χ2n) is 5.34. The van der Waals surface area contributed by atoms with E-state index in [1.807, 2.05) is 49.0 Å². The minimum absolute atomic E-state index is 0.241. The van der Waals surface area contributed by atoms with Crippen molar-refractivity contribution in [2.75, 3.05) is 13.2 Å². The van der Waals surface area contributed by atoms with Crippen LogP contribution in [0.15, 0.2) is 34.7 Å². The average molecular weight is 284 g/mol. The highest BCUT2D eigenvalue weighted by atomic mass is 16.6. The highest BCUT2D eigenvalue weighted by Crippen LogP contribution is 2.33. The van der Waals surface area contributed by atoms with Gasteiger partial charge in [-0.1, -0.05) is 6.07 Å². The van der Waals surface area contributed by atoms with Gasteiger partial charge in [0.2, 0.25) is 0 Å². The van der Waals surface area contributed by atoms with E-state index in [0.29, 0.717) is 6.61 Å². The fourth-order valence-corrected chi connectivity index (χ4v) is 2.31. The van der Waals surface area contributed by atoms with Crippen molar-refractivity contribution in [1.29, 1.82) is 0 Å². The molecule has 0 spiro atoms. The molecule has 1 atom stereocenters. The van der Waals surface area contributed by atoms with Gasteiger partial charge in [0.05, 0.1) is 12.0 Å². The second-order valence-corrected chi connectivity index (χ2v) is 5.34. The molecule has 1 saturated heterocycles. The van der Waals surface area contributed by atoms with Gasteiger partial charge in [-0.2, -0.15) is 5.10 Å². The van der Waals surface area contributed by atoms with Crippen molar-refractivity contribution < 1.29 is 13.9 Å². The summed E-state index contributed by atoms with van der Waals surface area (Å²) in [6.45, 7) is 3.39. The number of fused-ring (bicyclic) bond motifs is 1. The molecule has 1 aromatic carbocycles. The van der Waals surface area contributed by atoms with Crippen LogP contribution >= 0.6 is 0 Å². The van der Waals surface area contributed by atoms with E-state index >= 15 is 0 Å². The summed E-state index contributed by atoms with van der Waals surface area (Å²) >= 11 is 0. The van der Waals surface area contributed by atoms with Gasteiger partial charge < -0.3 is 13.9 Å².